The van der Waals surface area contributed by atoms with E-state index in [1.54, 1.807) is 0 Å². The molecule has 0 radical (unpaired) electrons. The molecule has 4 heteroatoms. The van der Waals surface area contributed by atoms with Crippen LogP contribution >= 0.6 is 12.2 Å². The number of aliphatic imine (C=N–C) groups is 1. The first kappa shape index (κ1) is 8.97. The Morgan fingerprint density at radius 2 is 2.00 bits per heavy atom. The van der Waals surface area contributed by atoms with E-state index in [4.69, 9.17) is 0 Å². The summed E-state index contributed by atoms with van der Waals surface area (Å²) in [5.41, 5.74) is 0.129. The highest BCUT2D eigenvalue weighted by Crippen LogP contribution is 2.21. The molecule has 0 amide bonds. The maximum Gasteiger partial charge on any atom is 0.185 e. The summed E-state index contributed by atoms with van der Waals surface area (Å²) < 4.78 is 25.7. The summed E-state index contributed by atoms with van der Waals surface area (Å²) in [7, 11) is 0. The summed E-state index contributed by atoms with van der Waals surface area (Å²) in [4.78, 5) is 3.36. The fraction of sp³-hybridized carbons (Fsp3) is 0.125. The van der Waals surface area contributed by atoms with Gasteiger partial charge in [0.25, 0.3) is 0 Å². The Morgan fingerprint density at radius 3 is 2.58 bits per heavy atom. The lowest BCUT2D eigenvalue weighted by molar-refractivity contribution is 0.505. The van der Waals surface area contributed by atoms with E-state index in [-0.39, 0.29) is 11.3 Å². The third kappa shape index (κ3) is 1.55. The van der Waals surface area contributed by atoms with Crippen LogP contribution in [0.3, 0.4) is 0 Å². The van der Waals surface area contributed by atoms with Crippen LogP contribution in [0.15, 0.2) is 17.1 Å². The van der Waals surface area contributed by atoms with E-state index in [1.807, 2.05) is 5.16 Å². The van der Waals surface area contributed by atoms with Crippen molar-refractivity contribution in [1.29, 1.82) is 0 Å². The first-order chi connectivity index (χ1) is 5.66. The van der Waals surface area contributed by atoms with Gasteiger partial charge in [-0.2, -0.15) is 4.99 Å². The zero-order valence-corrected chi connectivity index (χ0v) is 7.08. The van der Waals surface area contributed by atoms with Gasteiger partial charge < -0.3 is 0 Å². The third-order valence-corrected chi connectivity index (χ3v) is 1.51. The number of hydrogen-bond donors (Lipinski definition) is 0. The molecule has 0 spiro atoms. The molecule has 0 saturated heterocycles. The number of benzene rings is 1. The zero-order chi connectivity index (χ0) is 9.14. The van der Waals surface area contributed by atoms with Crippen molar-refractivity contribution in [3.8, 4) is 0 Å². The molecule has 1 nitrogen and oxygen atoms in total. The normalized spacial score (nSPS) is 9.25. The second-order valence-electron chi connectivity index (χ2n) is 2.23. The predicted octanol–water partition coefficient (Wildman–Crippen LogP) is 3.01. The first-order valence-corrected chi connectivity index (χ1v) is 3.60. The lowest BCUT2D eigenvalue weighted by Crippen LogP contribution is -1.88. The molecular formula is C8H5F2NS. The van der Waals surface area contributed by atoms with Gasteiger partial charge in [-0.15, -0.1) is 0 Å². The maximum atomic E-state index is 12.9. The molecule has 0 saturated carbocycles. The van der Waals surface area contributed by atoms with Gasteiger partial charge in [0.15, 0.2) is 11.6 Å². The van der Waals surface area contributed by atoms with E-state index >= 15 is 0 Å². The summed E-state index contributed by atoms with van der Waals surface area (Å²) in [5.74, 6) is -1.87. The monoisotopic (exact) mass is 185 g/mol. The average Bonchev–Trinajstić information content (AvgIpc) is 2.07. The lowest BCUT2D eigenvalue weighted by atomic mass is 10.2. The lowest BCUT2D eigenvalue weighted by Gasteiger charge is -1.98. The minimum atomic E-state index is -0.979. The van der Waals surface area contributed by atoms with E-state index in [2.05, 4.69) is 17.2 Å². The molecule has 0 bridgehead atoms. The molecule has 12 heavy (non-hydrogen) atoms. The summed E-state index contributed by atoms with van der Waals surface area (Å²) in [6.45, 7) is 1.48. The van der Waals surface area contributed by atoms with E-state index in [9.17, 15) is 8.78 Å². The van der Waals surface area contributed by atoms with Gasteiger partial charge in [-0.05, 0) is 30.8 Å². The Labute approximate surface area is 73.7 Å². The fourth-order valence-electron chi connectivity index (χ4n) is 0.771. The maximum absolute atomic E-state index is 12.9. The Hall–Kier alpha value is -1.12. The highest BCUT2D eigenvalue weighted by Gasteiger charge is 2.09. The van der Waals surface area contributed by atoms with Gasteiger partial charge in [-0.25, -0.2) is 8.78 Å². The van der Waals surface area contributed by atoms with Crippen LogP contribution in [0, 0.1) is 18.6 Å². The molecule has 1 aromatic rings. The van der Waals surface area contributed by atoms with Gasteiger partial charge >= 0.3 is 0 Å². The zero-order valence-electron chi connectivity index (χ0n) is 6.27. The molecule has 0 atom stereocenters. The topological polar surface area (TPSA) is 12.4 Å². The summed E-state index contributed by atoms with van der Waals surface area (Å²) >= 11 is 4.26. The highest BCUT2D eigenvalue weighted by molar-refractivity contribution is 7.78. The number of thiocarbonyl (C=S) groups is 1. The molecule has 0 N–H and O–H groups in total. The van der Waals surface area contributed by atoms with Gasteiger partial charge in [-0.3, -0.25) is 0 Å². The molecule has 0 aliphatic heterocycles. The third-order valence-electron chi connectivity index (χ3n) is 1.42. The Balaban J connectivity index is 3.35. The van der Waals surface area contributed by atoms with Gasteiger partial charge in [0.05, 0.1) is 5.16 Å². The van der Waals surface area contributed by atoms with Crippen molar-refractivity contribution < 1.29 is 8.78 Å². The van der Waals surface area contributed by atoms with Crippen LogP contribution in [-0.2, 0) is 0 Å². The van der Waals surface area contributed by atoms with Gasteiger partial charge in [0.1, 0.15) is 5.69 Å². The molecule has 0 aliphatic rings. The van der Waals surface area contributed by atoms with Crippen molar-refractivity contribution in [2.75, 3.05) is 0 Å². The first-order valence-electron chi connectivity index (χ1n) is 3.19. The minimum absolute atomic E-state index is 0.117. The summed E-state index contributed by atoms with van der Waals surface area (Å²) in [5, 5.41) is 1.97. The van der Waals surface area contributed by atoms with Crippen LogP contribution in [0.25, 0.3) is 0 Å². The standard InChI is InChI=1S/C8H5F2NS/c1-5-2-3-6(11-4-12)8(10)7(5)9/h2-3H,1H3. The molecule has 0 fully saturated rings. The van der Waals surface area contributed by atoms with Crippen molar-refractivity contribution >= 4 is 23.1 Å². The molecule has 0 aliphatic carbocycles. The quantitative estimate of drug-likeness (QED) is 0.484. The van der Waals surface area contributed by atoms with Gasteiger partial charge in [0.2, 0.25) is 0 Å². The van der Waals surface area contributed by atoms with Gasteiger partial charge in [-0.1, -0.05) is 6.07 Å². The van der Waals surface area contributed by atoms with E-state index < -0.39 is 11.6 Å². The highest BCUT2D eigenvalue weighted by atomic mass is 32.1. The largest absolute Gasteiger partial charge is 0.203 e. The van der Waals surface area contributed by atoms with Crippen molar-refractivity contribution in [2.24, 2.45) is 4.99 Å². The van der Waals surface area contributed by atoms with E-state index in [1.165, 1.54) is 19.1 Å². The smallest absolute Gasteiger partial charge is 0.185 e. The van der Waals surface area contributed by atoms with Crippen molar-refractivity contribution in [1.82, 2.24) is 0 Å². The minimum Gasteiger partial charge on any atom is -0.203 e. The molecule has 62 valence electrons. The van der Waals surface area contributed by atoms with Crippen molar-refractivity contribution in [3.05, 3.63) is 29.3 Å². The Kier molecular flexibility index (Phi) is 2.63. The molecule has 1 rings (SSSR count). The number of aryl methyl sites for hydroxylation is 1. The molecule has 0 heterocycles. The van der Waals surface area contributed by atoms with Crippen molar-refractivity contribution in [3.63, 3.8) is 0 Å². The van der Waals surface area contributed by atoms with E-state index in [0.29, 0.717) is 0 Å². The fourth-order valence-corrected chi connectivity index (χ4v) is 0.870. The number of rotatable bonds is 1. The van der Waals surface area contributed by atoms with Crippen LogP contribution in [-0.4, -0.2) is 5.16 Å². The average molecular weight is 185 g/mol. The summed E-state index contributed by atoms with van der Waals surface area (Å²) in [6.07, 6.45) is 0. The number of nitrogens with zero attached hydrogens (tertiary/aromatic N) is 1. The van der Waals surface area contributed by atoms with Crippen molar-refractivity contribution in [2.45, 2.75) is 6.92 Å². The van der Waals surface area contributed by atoms with Crippen LogP contribution in [0.1, 0.15) is 5.56 Å². The Morgan fingerprint density at radius 1 is 1.33 bits per heavy atom. The number of halogens is 2. The Bertz CT molecular complexity index is 356. The molecule has 0 unspecified atom stereocenters. The summed E-state index contributed by atoms with van der Waals surface area (Å²) in [6, 6.07) is 2.79. The molecule has 0 aromatic heterocycles. The number of isothiocyanates is 1. The van der Waals surface area contributed by atoms with E-state index in [0.717, 1.165) is 0 Å². The second kappa shape index (κ2) is 3.52. The molecule has 1 aromatic carbocycles. The van der Waals surface area contributed by atoms with Crippen LogP contribution in [0.2, 0.25) is 0 Å². The van der Waals surface area contributed by atoms with Gasteiger partial charge in [0, 0.05) is 0 Å². The van der Waals surface area contributed by atoms with Crippen LogP contribution < -0.4 is 0 Å². The second-order valence-corrected chi connectivity index (χ2v) is 2.42. The van der Waals surface area contributed by atoms with Crippen LogP contribution in [0.5, 0.6) is 0 Å². The molecular weight excluding hydrogens is 180 g/mol. The predicted molar refractivity (Wildman–Crippen MR) is 45.8 cm³/mol. The number of hydrogen-bond acceptors (Lipinski definition) is 2. The van der Waals surface area contributed by atoms with Crippen LogP contribution in [0.4, 0.5) is 14.5 Å². The SMILES string of the molecule is Cc1ccc(N=C=S)c(F)c1F.